The normalized spacial score (nSPS) is 11.4. The smallest absolute Gasteiger partial charge is 0.251 e. The number of carbonyl (C=O) groups excluding carboxylic acids is 1. The van der Waals surface area contributed by atoms with E-state index in [4.69, 9.17) is 0 Å². The van der Waals surface area contributed by atoms with E-state index < -0.39 is 15.1 Å². The molecule has 1 aromatic heterocycles. The first-order valence-corrected chi connectivity index (χ1v) is 13.0. The number of benzene rings is 3. The fourth-order valence-electron chi connectivity index (χ4n) is 3.84. The summed E-state index contributed by atoms with van der Waals surface area (Å²) in [5.74, 6) is -0.344. The SMILES string of the molecule is Cc1ccc(C(=O)NCc2cc(-c3cccc(-c4ccccc4)c3)ccn2)cc1S(=O)(=O)C(C)C. The Labute approximate surface area is 206 Å². The van der Waals surface area contributed by atoms with Gasteiger partial charge in [0.1, 0.15) is 0 Å². The molecule has 0 bridgehead atoms. The summed E-state index contributed by atoms with van der Waals surface area (Å²) < 4.78 is 25.3. The molecule has 0 saturated heterocycles. The quantitative estimate of drug-likeness (QED) is 0.358. The number of aromatic nitrogens is 1. The van der Waals surface area contributed by atoms with Gasteiger partial charge >= 0.3 is 0 Å². The Morgan fingerprint density at radius 1 is 0.829 bits per heavy atom. The Morgan fingerprint density at radius 2 is 1.49 bits per heavy atom. The molecule has 6 heteroatoms. The monoisotopic (exact) mass is 484 g/mol. The van der Waals surface area contributed by atoms with Crippen LogP contribution in [0.25, 0.3) is 22.3 Å². The highest BCUT2D eigenvalue weighted by Crippen LogP contribution is 2.26. The third-order valence-electron chi connectivity index (χ3n) is 5.93. The molecule has 3 aromatic carbocycles. The summed E-state index contributed by atoms with van der Waals surface area (Å²) in [4.78, 5) is 17.4. The van der Waals surface area contributed by atoms with Crippen molar-refractivity contribution in [2.45, 2.75) is 37.5 Å². The minimum atomic E-state index is -3.48. The molecule has 4 rings (SSSR count). The Bertz CT molecular complexity index is 1460. The van der Waals surface area contributed by atoms with Crippen molar-refractivity contribution >= 4 is 15.7 Å². The van der Waals surface area contributed by atoms with Crippen LogP contribution in [-0.2, 0) is 16.4 Å². The van der Waals surface area contributed by atoms with Gasteiger partial charge in [0, 0.05) is 11.8 Å². The van der Waals surface area contributed by atoms with Gasteiger partial charge in [-0.1, -0.05) is 54.6 Å². The van der Waals surface area contributed by atoms with Gasteiger partial charge in [-0.05, 0) is 78.9 Å². The zero-order valence-electron chi connectivity index (χ0n) is 20.0. The number of hydrogen-bond donors (Lipinski definition) is 1. The van der Waals surface area contributed by atoms with Gasteiger partial charge in [-0.25, -0.2) is 8.42 Å². The number of rotatable bonds is 7. The van der Waals surface area contributed by atoms with E-state index in [0.29, 0.717) is 16.8 Å². The lowest BCUT2D eigenvalue weighted by molar-refractivity contribution is 0.0950. The largest absolute Gasteiger partial charge is 0.346 e. The van der Waals surface area contributed by atoms with Crippen LogP contribution in [0.4, 0.5) is 0 Å². The number of hydrogen-bond acceptors (Lipinski definition) is 4. The fourth-order valence-corrected chi connectivity index (χ4v) is 5.15. The molecule has 0 atom stereocenters. The van der Waals surface area contributed by atoms with E-state index in [1.807, 2.05) is 42.5 Å². The average molecular weight is 485 g/mol. The van der Waals surface area contributed by atoms with Gasteiger partial charge < -0.3 is 5.32 Å². The van der Waals surface area contributed by atoms with Crippen molar-refractivity contribution in [2.75, 3.05) is 0 Å². The van der Waals surface area contributed by atoms with Gasteiger partial charge in [-0.15, -0.1) is 0 Å². The summed E-state index contributed by atoms with van der Waals surface area (Å²) in [6, 6.07) is 27.1. The third-order valence-corrected chi connectivity index (χ3v) is 8.22. The first-order valence-electron chi connectivity index (χ1n) is 11.5. The number of nitrogens with one attached hydrogen (secondary N) is 1. The number of aryl methyl sites for hydroxylation is 1. The predicted octanol–water partition coefficient (Wildman–Crippen LogP) is 5.84. The van der Waals surface area contributed by atoms with E-state index in [2.05, 4.69) is 34.6 Å². The van der Waals surface area contributed by atoms with Crippen LogP contribution in [0.3, 0.4) is 0 Å². The number of amides is 1. The van der Waals surface area contributed by atoms with Crippen molar-refractivity contribution in [1.82, 2.24) is 10.3 Å². The van der Waals surface area contributed by atoms with Gasteiger partial charge in [-0.2, -0.15) is 0 Å². The van der Waals surface area contributed by atoms with Gasteiger partial charge in [0.2, 0.25) is 0 Å². The van der Waals surface area contributed by atoms with Gasteiger partial charge in [0.05, 0.1) is 22.4 Å². The molecule has 1 amide bonds. The number of sulfone groups is 1. The molecular weight excluding hydrogens is 456 g/mol. The zero-order valence-corrected chi connectivity index (χ0v) is 20.8. The number of nitrogens with zero attached hydrogens (tertiary/aromatic N) is 1. The Hall–Kier alpha value is -3.77. The maximum Gasteiger partial charge on any atom is 0.251 e. The van der Waals surface area contributed by atoms with E-state index in [1.54, 1.807) is 39.1 Å². The van der Waals surface area contributed by atoms with Crippen molar-refractivity contribution in [1.29, 1.82) is 0 Å². The van der Waals surface area contributed by atoms with Crippen LogP contribution < -0.4 is 5.32 Å². The maximum absolute atomic E-state index is 12.8. The molecule has 35 heavy (non-hydrogen) atoms. The summed E-state index contributed by atoms with van der Waals surface area (Å²) in [7, 11) is -3.48. The standard InChI is InChI=1S/C29H28N2O3S/c1-20(2)35(33,34)28-18-26(13-12-21(28)3)29(32)31-19-27-17-25(14-15-30-27)24-11-7-10-23(16-24)22-8-5-4-6-9-22/h4-18,20H,19H2,1-3H3,(H,31,32). The molecule has 5 nitrogen and oxygen atoms in total. The lowest BCUT2D eigenvalue weighted by atomic mass is 9.99. The molecule has 0 aliphatic rings. The number of pyridine rings is 1. The molecule has 1 heterocycles. The summed E-state index contributed by atoms with van der Waals surface area (Å²) >= 11 is 0. The summed E-state index contributed by atoms with van der Waals surface area (Å²) in [5.41, 5.74) is 5.98. The average Bonchev–Trinajstić information content (AvgIpc) is 2.88. The molecule has 0 spiro atoms. The van der Waals surface area contributed by atoms with Crippen LogP contribution in [0, 0.1) is 6.92 Å². The van der Waals surface area contributed by atoms with Crippen LogP contribution in [0.1, 0.15) is 35.5 Å². The summed E-state index contributed by atoms with van der Waals surface area (Å²) in [6.45, 7) is 5.23. The zero-order chi connectivity index (χ0) is 25.0. The third kappa shape index (κ3) is 5.49. The van der Waals surface area contributed by atoms with E-state index >= 15 is 0 Å². The molecule has 178 valence electrons. The first-order chi connectivity index (χ1) is 16.8. The highest BCUT2D eigenvalue weighted by molar-refractivity contribution is 7.92. The van der Waals surface area contributed by atoms with Crippen LogP contribution >= 0.6 is 0 Å². The predicted molar refractivity (Wildman–Crippen MR) is 140 cm³/mol. The van der Waals surface area contributed by atoms with Crippen molar-refractivity contribution in [2.24, 2.45) is 0 Å². The van der Waals surface area contributed by atoms with Crippen LogP contribution in [0.15, 0.2) is 96.0 Å². The van der Waals surface area contributed by atoms with Gasteiger partial charge in [0.25, 0.3) is 5.91 Å². The van der Waals surface area contributed by atoms with Crippen molar-refractivity contribution < 1.29 is 13.2 Å². The maximum atomic E-state index is 12.8. The van der Waals surface area contributed by atoms with E-state index in [0.717, 1.165) is 22.3 Å². The van der Waals surface area contributed by atoms with Crippen LogP contribution in [0.5, 0.6) is 0 Å². The van der Waals surface area contributed by atoms with E-state index in [1.165, 1.54) is 6.07 Å². The molecule has 0 fully saturated rings. The van der Waals surface area contributed by atoms with E-state index in [9.17, 15) is 13.2 Å². The van der Waals surface area contributed by atoms with Crippen LogP contribution in [0.2, 0.25) is 0 Å². The van der Waals surface area contributed by atoms with E-state index in [-0.39, 0.29) is 17.3 Å². The highest BCUT2D eigenvalue weighted by Gasteiger charge is 2.22. The van der Waals surface area contributed by atoms with Crippen LogP contribution in [-0.4, -0.2) is 24.6 Å². The van der Waals surface area contributed by atoms with Gasteiger partial charge in [-0.3, -0.25) is 9.78 Å². The fraction of sp³-hybridized carbons (Fsp3) is 0.172. The summed E-state index contributed by atoms with van der Waals surface area (Å²) in [5, 5.41) is 2.30. The molecular formula is C29H28N2O3S. The Balaban J connectivity index is 1.51. The molecule has 4 aromatic rings. The second kappa shape index (κ2) is 10.2. The molecule has 0 unspecified atom stereocenters. The lowest BCUT2D eigenvalue weighted by Gasteiger charge is -2.13. The minimum Gasteiger partial charge on any atom is -0.346 e. The molecule has 0 radical (unpaired) electrons. The van der Waals surface area contributed by atoms with Gasteiger partial charge in [0.15, 0.2) is 9.84 Å². The highest BCUT2D eigenvalue weighted by atomic mass is 32.2. The Kier molecular flexibility index (Phi) is 7.12. The second-order valence-electron chi connectivity index (χ2n) is 8.74. The van der Waals surface area contributed by atoms with Crippen molar-refractivity contribution in [3.63, 3.8) is 0 Å². The molecule has 0 saturated carbocycles. The second-order valence-corrected chi connectivity index (χ2v) is 11.2. The summed E-state index contributed by atoms with van der Waals surface area (Å²) in [6.07, 6.45) is 1.73. The topological polar surface area (TPSA) is 76.1 Å². The minimum absolute atomic E-state index is 0.193. The van der Waals surface area contributed by atoms with Crippen molar-refractivity contribution in [3.8, 4) is 22.3 Å². The first kappa shape index (κ1) is 24.4. The lowest BCUT2D eigenvalue weighted by Crippen LogP contribution is -2.24. The molecule has 0 aliphatic carbocycles. The van der Waals surface area contributed by atoms with Crippen molar-refractivity contribution in [3.05, 3.63) is 108 Å². The molecule has 0 aliphatic heterocycles. The Morgan fingerprint density at radius 3 is 2.20 bits per heavy atom. The number of carbonyl (C=O) groups is 1. The molecule has 1 N–H and O–H groups in total.